The van der Waals surface area contributed by atoms with Crippen LogP contribution in [0.3, 0.4) is 0 Å². The number of rotatable bonds is 6. The zero-order chi connectivity index (χ0) is 15.4. The Morgan fingerprint density at radius 3 is 3.05 bits per heavy atom. The largest absolute Gasteiger partial charge is 0.392 e. The van der Waals surface area contributed by atoms with E-state index >= 15 is 0 Å². The summed E-state index contributed by atoms with van der Waals surface area (Å²) in [6, 6.07) is 7.79. The Morgan fingerprint density at radius 2 is 2.23 bits per heavy atom. The third-order valence-corrected chi connectivity index (χ3v) is 3.43. The summed E-state index contributed by atoms with van der Waals surface area (Å²) in [5.74, 6) is 0.726. The number of benzene rings is 1. The Kier molecular flexibility index (Phi) is 4.32. The van der Waals surface area contributed by atoms with Crippen molar-refractivity contribution in [1.82, 2.24) is 14.4 Å². The van der Waals surface area contributed by atoms with Gasteiger partial charge in [-0.2, -0.15) is 0 Å². The summed E-state index contributed by atoms with van der Waals surface area (Å²) in [5.41, 5.74) is 3.61. The minimum Gasteiger partial charge on any atom is -0.392 e. The Hall–Kier alpha value is -2.44. The average molecular weight is 298 g/mol. The first-order chi connectivity index (χ1) is 10.8. The smallest absolute Gasteiger partial charge is 0.180 e. The van der Waals surface area contributed by atoms with Crippen molar-refractivity contribution in [2.24, 2.45) is 0 Å². The molecule has 2 heterocycles. The van der Waals surface area contributed by atoms with Crippen LogP contribution in [0.1, 0.15) is 5.56 Å². The minimum absolute atomic E-state index is 0.0238. The number of methoxy groups -OCH3 is 1. The second-order valence-corrected chi connectivity index (χ2v) is 4.89. The van der Waals surface area contributed by atoms with Gasteiger partial charge in [0.2, 0.25) is 0 Å². The molecule has 6 nitrogen and oxygen atoms in total. The summed E-state index contributed by atoms with van der Waals surface area (Å²) in [5, 5.41) is 12.5. The molecule has 3 aromatic rings. The standard InChI is InChI=1S/C16H18N4O2/c1-22-8-6-18-15-16-19-10-14(20(16)7-5-17-15)13-4-2-3-12(9-13)11-21/h2-5,7,9-10,21H,6,8,11H2,1H3,(H,17,18). The van der Waals surface area contributed by atoms with E-state index in [1.54, 1.807) is 13.3 Å². The lowest BCUT2D eigenvalue weighted by Crippen LogP contribution is -2.10. The molecule has 0 atom stereocenters. The molecule has 114 valence electrons. The van der Waals surface area contributed by atoms with E-state index in [9.17, 15) is 5.11 Å². The lowest BCUT2D eigenvalue weighted by molar-refractivity contribution is 0.210. The van der Waals surface area contributed by atoms with Gasteiger partial charge in [-0.25, -0.2) is 9.97 Å². The van der Waals surface area contributed by atoms with Crippen LogP contribution in [0.2, 0.25) is 0 Å². The zero-order valence-electron chi connectivity index (χ0n) is 12.4. The van der Waals surface area contributed by atoms with Crippen LogP contribution in [0.4, 0.5) is 5.82 Å². The van der Waals surface area contributed by atoms with E-state index in [1.807, 2.05) is 41.1 Å². The van der Waals surface area contributed by atoms with E-state index in [1.165, 1.54) is 0 Å². The first-order valence-corrected chi connectivity index (χ1v) is 7.08. The van der Waals surface area contributed by atoms with Gasteiger partial charge in [0.05, 0.1) is 25.1 Å². The van der Waals surface area contributed by atoms with Crippen molar-refractivity contribution in [2.75, 3.05) is 25.6 Å². The Morgan fingerprint density at radius 1 is 1.32 bits per heavy atom. The van der Waals surface area contributed by atoms with Crippen molar-refractivity contribution in [3.05, 3.63) is 48.4 Å². The highest BCUT2D eigenvalue weighted by molar-refractivity contribution is 5.70. The second-order valence-electron chi connectivity index (χ2n) is 4.89. The van der Waals surface area contributed by atoms with Gasteiger partial charge in [-0.3, -0.25) is 4.40 Å². The number of nitrogens with zero attached hydrogens (tertiary/aromatic N) is 3. The summed E-state index contributed by atoms with van der Waals surface area (Å²) >= 11 is 0. The first-order valence-electron chi connectivity index (χ1n) is 7.08. The number of aliphatic hydroxyl groups excluding tert-OH is 1. The molecule has 0 radical (unpaired) electrons. The van der Waals surface area contributed by atoms with Gasteiger partial charge in [-0.1, -0.05) is 18.2 Å². The van der Waals surface area contributed by atoms with Gasteiger partial charge in [0.15, 0.2) is 11.5 Å². The maximum absolute atomic E-state index is 9.28. The number of imidazole rings is 1. The van der Waals surface area contributed by atoms with Crippen LogP contribution in [0.5, 0.6) is 0 Å². The monoisotopic (exact) mass is 298 g/mol. The highest BCUT2D eigenvalue weighted by Crippen LogP contribution is 2.24. The van der Waals surface area contributed by atoms with E-state index in [2.05, 4.69) is 15.3 Å². The van der Waals surface area contributed by atoms with Gasteiger partial charge in [-0.05, 0) is 11.6 Å². The molecule has 0 unspecified atom stereocenters. The fourth-order valence-electron chi connectivity index (χ4n) is 2.36. The summed E-state index contributed by atoms with van der Waals surface area (Å²) in [4.78, 5) is 8.79. The zero-order valence-corrected chi connectivity index (χ0v) is 12.4. The van der Waals surface area contributed by atoms with E-state index in [0.29, 0.717) is 13.2 Å². The molecule has 2 aromatic heterocycles. The maximum atomic E-state index is 9.28. The number of hydrogen-bond donors (Lipinski definition) is 2. The lowest BCUT2D eigenvalue weighted by atomic mass is 10.1. The SMILES string of the molecule is COCCNc1nccn2c(-c3cccc(CO)c3)cnc12. The summed E-state index contributed by atoms with van der Waals surface area (Å²) < 4.78 is 7.02. The molecule has 0 amide bonds. The predicted octanol–water partition coefficient (Wildman–Crippen LogP) is 1.95. The van der Waals surface area contributed by atoms with Crippen LogP contribution in [-0.2, 0) is 11.3 Å². The summed E-state index contributed by atoms with van der Waals surface area (Å²) in [7, 11) is 1.66. The molecule has 0 bridgehead atoms. The Balaban J connectivity index is 1.99. The number of aliphatic hydroxyl groups is 1. The quantitative estimate of drug-likeness (QED) is 0.681. The molecule has 0 aliphatic heterocycles. The molecule has 0 aliphatic carbocycles. The van der Waals surface area contributed by atoms with Crippen LogP contribution in [0.15, 0.2) is 42.9 Å². The summed E-state index contributed by atoms with van der Waals surface area (Å²) in [6.07, 6.45) is 5.43. The van der Waals surface area contributed by atoms with E-state index in [0.717, 1.165) is 28.3 Å². The number of fused-ring (bicyclic) bond motifs is 1. The normalized spacial score (nSPS) is 11.0. The molecule has 0 aliphatic rings. The molecule has 6 heteroatoms. The molecule has 0 spiro atoms. The maximum Gasteiger partial charge on any atom is 0.180 e. The molecular weight excluding hydrogens is 280 g/mol. The highest BCUT2D eigenvalue weighted by Gasteiger charge is 2.10. The van der Waals surface area contributed by atoms with Crippen LogP contribution in [0, 0.1) is 0 Å². The number of nitrogens with one attached hydrogen (secondary N) is 1. The molecule has 3 rings (SSSR count). The molecule has 0 saturated carbocycles. The average Bonchev–Trinajstić information content (AvgIpc) is 3.00. The molecule has 2 N–H and O–H groups in total. The molecular formula is C16H18N4O2. The second kappa shape index (κ2) is 6.55. The third kappa shape index (κ3) is 2.79. The Bertz CT molecular complexity index is 770. The van der Waals surface area contributed by atoms with Crippen LogP contribution in [0.25, 0.3) is 16.9 Å². The molecule has 0 fully saturated rings. The van der Waals surface area contributed by atoms with E-state index in [4.69, 9.17) is 4.74 Å². The molecule has 22 heavy (non-hydrogen) atoms. The van der Waals surface area contributed by atoms with Gasteiger partial charge in [-0.15, -0.1) is 0 Å². The van der Waals surface area contributed by atoms with Crippen molar-refractivity contribution in [1.29, 1.82) is 0 Å². The first kappa shape index (κ1) is 14.5. The van der Waals surface area contributed by atoms with Gasteiger partial charge < -0.3 is 15.2 Å². The number of hydrogen-bond acceptors (Lipinski definition) is 5. The van der Waals surface area contributed by atoms with Crippen molar-refractivity contribution in [3.8, 4) is 11.3 Å². The van der Waals surface area contributed by atoms with Gasteiger partial charge >= 0.3 is 0 Å². The van der Waals surface area contributed by atoms with Crippen molar-refractivity contribution >= 4 is 11.5 Å². The van der Waals surface area contributed by atoms with Crippen LogP contribution >= 0.6 is 0 Å². The van der Waals surface area contributed by atoms with Crippen LogP contribution in [-0.4, -0.2) is 39.7 Å². The predicted molar refractivity (Wildman–Crippen MR) is 84.7 cm³/mol. The Labute approximate surface area is 128 Å². The molecule has 1 aromatic carbocycles. The fourth-order valence-corrected chi connectivity index (χ4v) is 2.36. The van der Waals surface area contributed by atoms with Gasteiger partial charge in [0.1, 0.15) is 0 Å². The van der Waals surface area contributed by atoms with Crippen molar-refractivity contribution in [2.45, 2.75) is 6.61 Å². The van der Waals surface area contributed by atoms with E-state index < -0.39 is 0 Å². The van der Waals surface area contributed by atoms with Crippen molar-refractivity contribution in [3.63, 3.8) is 0 Å². The third-order valence-electron chi connectivity index (χ3n) is 3.43. The van der Waals surface area contributed by atoms with E-state index in [-0.39, 0.29) is 6.61 Å². The number of anilines is 1. The van der Waals surface area contributed by atoms with Crippen molar-refractivity contribution < 1.29 is 9.84 Å². The van der Waals surface area contributed by atoms with Crippen LogP contribution < -0.4 is 5.32 Å². The molecule has 0 saturated heterocycles. The minimum atomic E-state index is 0.0238. The number of aromatic nitrogens is 3. The summed E-state index contributed by atoms with van der Waals surface area (Å²) in [6.45, 7) is 1.30. The number of ether oxygens (including phenoxy) is 1. The van der Waals surface area contributed by atoms with Gasteiger partial charge in [0, 0.05) is 31.6 Å². The lowest BCUT2D eigenvalue weighted by Gasteiger charge is -2.07. The highest BCUT2D eigenvalue weighted by atomic mass is 16.5. The fraction of sp³-hybridized carbons (Fsp3) is 0.250. The van der Waals surface area contributed by atoms with Gasteiger partial charge in [0.25, 0.3) is 0 Å². The topological polar surface area (TPSA) is 71.7 Å².